The highest BCUT2D eigenvalue weighted by atomic mass is 35.5. The van der Waals surface area contributed by atoms with Crippen LogP contribution in [0.15, 0.2) is 24.8 Å². The number of piperazine rings is 1. The minimum atomic E-state index is -0.201. The molecule has 22 heavy (non-hydrogen) atoms. The van der Waals surface area contributed by atoms with Gasteiger partial charge in [0.2, 0.25) is 0 Å². The molecule has 1 atom stereocenters. The molecule has 0 bridgehead atoms. The van der Waals surface area contributed by atoms with E-state index in [1.165, 1.54) is 6.07 Å². The summed E-state index contributed by atoms with van der Waals surface area (Å²) in [6.45, 7) is 9.42. The maximum Gasteiger partial charge on any atom is 0.129 e. The fraction of sp³-hybridized carbons (Fsp3) is 0.500. The standard InChI is InChI=1S/C16H22ClFN2.2ClH/c1-3-4-5-14(20-10-8-19-9-11-20)15-13(18)7-6-12(2)16(15)17;;/h3,6-7,14,19H,1,4-5,8-11H2,2H3;2*1H/t14-;;/m1../s1. The average molecular weight is 370 g/mol. The molecule has 0 aromatic heterocycles. The van der Waals surface area contributed by atoms with Crippen molar-refractivity contribution in [3.05, 3.63) is 46.8 Å². The molecule has 1 aromatic carbocycles. The lowest BCUT2D eigenvalue weighted by atomic mass is 9.97. The van der Waals surface area contributed by atoms with Crippen LogP contribution in [-0.2, 0) is 0 Å². The van der Waals surface area contributed by atoms with Gasteiger partial charge in [-0.1, -0.05) is 23.7 Å². The van der Waals surface area contributed by atoms with Crippen molar-refractivity contribution in [3.63, 3.8) is 0 Å². The Hall–Kier alpha value is -0.320. The molecule has 0 unspecified atom stereocenters. The van der Waals surface area contributed by atoms with Gasteiger partial charge in [-0.15, -0.1) is 31.4 Å². The molecule has 1 aliphatic rings. The lowest BCUT2D eigenvalue weighted by molar-refractivity contribution is 0.163. The molecule has 1 saturated heterocycles. The maximum absolute atomic E-state index is 14.3. The van der Waals surface area contributed by atoms with Crippen LogP contribution in [0.4, 0.5) is 4.39 Å². The van der Waals surface area contributed by atoms with Gasteiger partial charge < -0.3 is 5.32 Å². The van der Waals surface area contributed by atoms with Crippen LogP contribution in [0.1, 0.15) is 30.0 Å². The molecule has 1 N–H and O–H groups in total. The Bertz CT molecular complexity index is 477. The topological polar surface area (TPSA) is 15.3 Å². The predicted molar refractivity (Wildman–Crippen MR) is 97.3 cm³/mol. The Morgan fingerprint density at radius 1 is 1.36 bits per heavy atom. The van der Waals surface area contributed by atoms with E-state index in [-0.39, 0.29) is 36.7 Å². The number of rotatable bonds is 5. The lowest BCUT2D eigenvalue weighted by Crippen LogP contribution is -2.45. The molecule has 0 amide bonds. The molecule has 1 fully saturated rings. The molecule has 1 aromatic rings. The second-order valence-corrected chi connectivity index (χ2v) is 5.64. The summed E-state index contributed by atoms with van der Waals surface area (Å²) in [4.78, 5) is 2.32. The van der Waals surface area contributed by atoms with E-state index in [9.17, 15) is 4.39 Å². The first kappa shape index (κ1) is 21.7. The third-order valence-corrected chi connectivity index (χ3v) is 4.39. The highest BCUT2D eigenvalue weighted by Gasteiger charge is 2.26. The van der Waals surface area contributed by atoms with Crippen LogP contribution in [0.3, 0.4) is 0 Å². The fourth-order valence-corrected chi connectivity index (χ4v) is 3.04. The number of nitrogens with zero attached hydrogens (tertiary/aromatic N) is 1. The summed E-state index contributed by atoms with van der Waals surface area (Å²) in [5.74, 6) is -0.201. The monoisotopic (exact) mass is 368 g/mol. The molecule has 2 rings (SSSR count). The summed E-state index contributed by atoms with van der Waals surface area (Å²) < 4.78 is 14.3. The summed E-state index contributed by atoms with van der Waals surface area (Å²) in [5.41, 5.74) is 1.58. The smallest absolute Gasteiger partial charge is 0.129 e. The van der Waals surface area contributed by atoms with E-state index in [2.05, 4.69) is 16.8 Å². The van der Waals surface area contributed by atoms with Gasteiger partial charge in [0.25, 0.3) is 0 Å². The molecule has 0 aliphatic carbocycles. The SMILES string of the molecule is C=CCC[C@H](c1c(F)ccc(C)c1Cl)N1CCNCC1.Cl.Cl. The van der Waals surface area contributed by atoms with Crippen molar-refractivity contribution in [1.29, 1.82) is 0 Å². The highest BCUT2D eigenvalue weighted by Crippen LogP contribution is 2.35. The van der Waals surface area contributed by atoms with Crippen molar-refractivity contribution >= 4 is 36.4 Å². The van der Waals surface area contributed by atoms with Crippen molar-refractivity contribution in [2.45, 2.75) is 25.8 Å². The van der Waals surface area contributed by atoms with Gasteiger partial charge in [0.1, 0.15) is 5.82 Å². The van der Waals surface area contributed by atoms with Gasteiger partial charge >= 0.3 is 0 Å². The van der Waals surface area contributed by atoms with E-state index in [0.717, 1.165) is 44.6 Å². The van der Waals surface area contributed by atoms with Gasteiger partial charge in [-0.25, -0.2) is 4.39 Å². The summed E-state index contributed by atoms with van der Waals surface area (Å²) >= 11 is 6.38. The summed E-state index contributed by atoms with van der Waals surface area (Å²) in [7, 11) is 0. The van der Waals surface area contributed by atoms with Gasteiger partial charge in [-0.2, -0.15) is 0 Å². The third kappa shape index (κ3) is 5.10. The number of nitrogens with one attached hydrogen (secondary N) is 1. The number of hydrogen-bond acceptors (Lipinski definition) is 2. The minimum Gasteiger partial charge on any atom is -0.314 e. The Kier molecular flexibility index (Phi) is 10.3. The van der Waals surface area contributed by atoms with E-state index in [1.807, 2.05) is 13.0 Å². The number of hydrogen-bond donors (Lipinski definition) is 1. The van der Waals surface area contributed by atoms with Crippen LogP contribution < -0.4 is 5.32 Å². The van der Waals surface area contributed by atoms with Gasteiger partial charge in [0, 0.05) is 37.8 Å². The molecule has 2 nitrogen and oxygen atoms in total. The number of aryl methyl sites for hydroxylation is 1. The average Bonchev–Trinajstić information content (AvgIpc) is 2.47. The van der Waals surface area contributed by atoms with E-state index in [4.69, 9.17) is 11.6 Å². The Morgan fingerprint density at radius 2 is 2.00 bits per heavy atom. The van der Waals surface area contributed by atoms with Crippen molar-refractivity contribution in [2.75, 3.05) is 26.2 Å². The lowest BCUT2D eigenvalue weighted by Gasteiger charge is -2.36. The van der Waals surface area contributed by atoms with Gasteiger partial charge in [-0.3, -0.25) is 4.90 Å². The molecule has 0 saturated carbocycles. The van der Waals surface area contributed by atoms with Gasteiger partial charge in [0.05, 0.1) is 5.02 Å². The number of allylic oxidation sites excluding steroid dienone is 1. The molecule has 0 spiro atoms. The Balaban J connectivity index is 0.00000220. The van der Waals surface area contributed by atoms with Gasteiger partial charge in [0.15, 0.2) is 0 Å². The first-order chi connectivity index (χ1) is 9.65. The first-order valence-electron chi connectivity index (χ1n) is 7.15. The second kappa shape index (κ2) is 10.5. The van der Waals surface area contributed by atoms with Crippen molar-refractivity contribution in [3.8, 4) is 0 Å². The number of benzene rings is 1. The largest absolute Gasteiger partial charge is 0.314 e. The summed E-state index contributed by atoms with van der Waals surface area (Å²) in [6, 6.07) is 3.30. The molecular weight excluding hydrogens is 346 g/mol. The van der Waals surface area contributed by atoms with Crippen LogP contribution >= 0.6 is 36.4 Å². The van der Waals surface area contributed by atoms with Crippen LogP contribution in [0, 0.1) is 12.7 Å². The summed E-state index contributed by atoms with van der Waals surface area (Å²) in [6.07, 6.45) is 3.60. The zero-order chi connectivity index (χ0) is 14.5. The molecule has 1 aliphatic heterocycles. The zero-order valence-electron chi connectivity index (χ0n) is 12.8. The van der Waals surface area contributed by atoms with E-state index in [0.29, 0.717) is 10.6 Å². The van der Waals surface area contributed by atoms with Crippen LogP contribution in [0.25, 0.3) is 0 Å². The minimum absolute atomic E-state index is 0. The summed E-state index contributed by atoms with van der Waals surface area (Å²) in [5, 5.41) is 3.90. The van der Waals surface area contributed by atoms with Gasteiger partial charge in [-0.05, 0) is 31.4 Å². The fourth-order valence-electron chi connectivity index (χ4n) is 2.76. The molecule has 0 radical (unpaired) electrons. The Labute approximate surface area is 149 Å². The third-order valence-electron chi connectivity index (χ3n) is 3.89. The highest BCUT2D eigenvalue weighted by molar-refractivity contribution is 6.32. The van der Waals surface area contributed by atoms with Crippen molar-refractivity contribution in [1.82, 2.24) is 10.2 Å². The molecule has 126 valence electrons. The van der Waals surface area contributed by atoms with Crippen molar-refractivity contribution in [2.24, 2.45) is 0 Å². The second-order valence-electron chi connectivity index (χ2n) is 5.26. The van der Waals surface area contributed by atoms with E-state index >= 15 is 0 Å². The quantitative estimate of drug-likeness (QED) is 0.766. The Morgan fingerprint density at radius 3 is 2.59 bits per heavy atom. The molecule has 6 heteroatoms. The van der Waals surface area contributed by atoms with E-state index in [1.54, 1.807) is 6.07 Å². The first-order valence-corrected chi connectivity index (χ1v) is 7.53. The number of halogens is 4. The van der Waals surface area contributed by atoms with E-state index < -0.39 is 0 Å². The maximum atomic E-state index is 14.3. The normalized spacial score (nSPS) is 16.3. The predicted octanol–water partition coefficient (Wildman–Crippen LogP) is 4.54. The van der Waals surface area contributed by atoms with Crippen LogP contribution in [0.5, 0.6) is 0 Å². The molecular formula is C16H24Cl3FN2. The molecule has 1 heterocycles. The van der Waals surface area contributed by atoms with Crippen LogP contribution in [-0.4, -0.2) is 31.1 Å². The van der Waals surface area contributed by atoms with Crippen LogP contribution in [0.2, 0.25) is 5.02 Å². The zero-order valence-corrected chi connectivity index (χ0v) is 15.2. The van der Waals surface area contributed by atoms with Crippen molar-refractivity contribution < 1.29 is 4.39 Å².